The van der Waals surface area contributed by atoms with Gasteiger partial charge in [0, 0.05) is 25.7 Å². The minimum Gasteiger partial charge on any atom is -0.394 e. The van der Waals surface area contributed by atoms with Crippen LogP contribution in [-0.2, 0) is 9.47 Å². The van der Waals surface area contributed by atoms with Crippen LogP contribution in [0.5, 0.6) is 0 Å². The van der Waals surface area contributed by atoms with Crippen molar-refractivity contribution in [2.24, 2.45) is 0 Å². The molecule has 0 saturated carbocycles. The Labute approximate surface area is 91.2 Å². The van der Waals surface area contributed by atoms with Gasteiger partial charge < -0.3 is 14.6 Å². The molecule has 0 aromatic rings. The van der Waals surface area contributed by atoms with Gasteiger partial charge in [-0.2, -0.15) is 0 Å². The van der Waals surface area contributed by atoms with Crippen molar-refractivity contribution >= 4 is 0 Å². The predicted octanol–water partition coefficient (Wildman–Crippen LogP) is 0.247. The van der Waals surface area contributed by atoms with E-state index in [0.29, 0.717) is 12.1 Å². The number of aliphatic hydroxyl groups excluding tert-OH is 1. The van der Waals surface area contributed by atoms with E-state index in [2.05, 4.69) is 11.8 Å². The van der Waals surface area contributed by atoms with Crippen LogP contribution in [0.1, 0.15) is 19.8 Å². The maximum Gasteiger partial charge on any atom is 0.0933 e. The lowest BCUT2D eigenvalue weighted by Crippen LogP contribution is -2.51. The van der Waals surface area contributed by atoms with Crippen molar-refractivity contribution in [3.05, 3.63) is 0 Å². The van der Waals surface area contributed by atoms with Crippen molar-refractivity contribution in [1.82, 2.24) is 4.90 Å². The molecule has 3 unspecified atom stereocenters. The number of aliphatic hydroxyl groups is 1. The number of nitrogens with zero attached hydrogens (tertiary/aromatic N) is 1. The first kappa shape index (κ1) is 11.3. The normalized spacial score (nSPS) is 38.4. The lowest BCUT2D eigenvalue weighted by atomic mass is 10.1. The average molecular weight is 215 g/mol. The van der Waals surface area contributed by atoms with Crippen LogP contribution in [0.15, 0.2) is 0 Å². The number of rotatable bonds is 3. The van der Waals surface area contributed by atoms with Gasteiger partial charge in [0.05, 0.1) is 25.4 Å². The van der Waals surface area contributed by atoms with Gasteiger partial charge >= 0.3 is 0 Å². The summed E-state index contributed by atoms with van der Waals surface area (Å²) in [7, 11) is 0. The van der Waals surface area contributed by atoms with Gasteiger partial charge in [-0.15, -0.1) is 0 Å². The predicted molar refractivity (Wildman–Crippen MR) is 56.8 cm³/mol. The van der Waals surface area contributed by atoms with Crippen molar-refractivity contribution < 1.29 is 14.6 Å². The highest BCUT2D eigenvalue weighted by Crippen LogP contribution is 2.17. The standard InChI is InChI=1S/C11H21NO3/c1-9-8-15-11(7-13)6-12(9)5-10-3-2-4-14-10/h9-11,13H,2-8H2,1H3. The van der Waals surface area contributed by atoms with Gasteiger partial charge in [-0.25, -0.2) is 0 Å². The molecule has 2 rings (SSSR count). The highest BCUT2D eigenvalue weighted by molar-refractivity contribution is 4.80. The first-order chi connectivity index (χ1) is 7.29. The van der Waals surface area contributed by atoms with E-state index >= 15 is 0 Å². The van der Waals surface area contributed by atoms with E-state index in [1.807, 2.05) is 0 Å². The van der Waals surface area contributed by atoms with Crippen LogP contribution in [0.2, 0.25) is 0 Å². The van der Waals surface area contributed by atoms with Crippen LogP contribution >= 0.6 is 0 Å². The monoisotopic (exact) mass is 215 g/mol. The molecule has 3 atom stereocenters. The van der Waals surface area contributed by atoms with Gasteiger partial charge in [-0.1, -0.05) is 0 Å². The Kier molecular flexibility index (Phi) is 3.97. The highest BCUT2D eigenvalue weighted by Gasteiger charge is 2.28. The highest BCUT2D eigenvalue weighted by atomic mass is 16.5. The molecule has 4 nitrogen and oxygen atoms in total. The second-order valence-electron chi connectivity index (χ2n) is 4.58. The lowest BCUT2D eigenvalue weighted by Gasteiger charge is -2.38. The summed E-state index contributed by atoms with van der Waals surface area (Å²) in [5.41, 5.74) is 0. The quantitative estimate of drug-likeness (QED) is 0.732. The Hall–Kier alpha value is -0.160. The number of morpholine rings is 1. The Morgan fingerprint density at radius 1 is 1.33 bits per heavy atom. The van der Waals surface area contributed by atoms with E-state index in [1.165, 1.54) is 12.8 Å². The minimum atomic E-state index is -0.0115. The minimum absolute atomic E-state index is 0.0115. The fourth-order valence-electron chi connectivity index (χ4n) is 2.29. The zero-order valence-electron chi connectivity index (χ0n) is 9.39. The van der Waals surface area contributed by atoms with Crippen LogP contribution in [0.25, 0.3) is 0 Å². The zero-order chi connectivity index (χ0) is 10.7. The van der Waals surface area contributed by atoms with Crippen molar-refractivity contribution in [3.63, 3.8) is 0 Å². The number of ether oxygens (including phenoxy) is 2. The molecule has 0 amide bonds. The summed E-state index contributed by atoms with van der Waals surface area (Å²) < 4.78 is 11.1. The Morgan fingerprint density at radius 2 is 2.20 bits per heavy atom. The topological polar surface area (TPSA) is 41.9 Å². The number of hydrogen-bond donors (Lipinski definition) is 1. The molecular weight excluding hydrogens is 194 g/mol. The molecule has 15 heavy (non-hydrogen) atoms. The van der Waals surface area contributed by atoms with E-state index in [1.54, 1.807) is 0 Å². The van der Waals surface area contributed by atoms with Crippen LogP contribution in [0, 0.1) is 0 Å². The molecule has 0 spiro atoms. The van der Waals surface area contributed by atoms with Crippen LogP contribution < -0.4 is 0 Å². The van der Waals surface area contributed by atoms with E-state index in [-0.39, 0.29) is 12.7 Å². The van der Waals surface area contributed by atoms with Crippen molar-refractivity contribution in [1.29, 1.82) is 0 Å². The molecule has 2 fully saturated rings. The average Bonchev–Trinajstić information content (AvgIpc) is 2.74. The fourth-order valence-corrected chi connectivity index (χ4v) is 2.29. The molecule has 2 saturated heterocycles. The second-order valence-corrected chi connectivity index (χ2v) is 4.58. The maximum atomic E-state index is 9.07. The van der Waals surface area contributed by atoms with Crippen LogP contribution in [0.3, 0.4) is 0 Å². The SMILES string of the molecule is CC1COC(CO)CN1CC1CCCO1. The second kappa shape index (κ2) is 5.25. The summed E-state index contributed by atoms with van der Waals surface area (Å²) >= 11 is 0. The molecule has 2 aliphatic heterocycles. The third-order valence-corrected chi connectivity index (χ3v) is 3.30. The molecule has 2 heterocycles. The van der Waals surface area contributed by atoms with Crippen molar-refractivity contribution in [2.45, 2.75) is 38.0 Å². The smallest absolute Gasteiger partial charge is 0.0933 e. The van der Waals surface area contributed by atoms with E-state index in [0.717, 1.165) is 26.3 Å². The van der Waals surface area contributed by atoms with Crippen LogP contribution in [0.4, 0.5) is 0 Å². The van der Waals surface area contributed by atoms with Gasteiger partial charge in [0.1, 0.15) is 0 Å². The Balaban J connectivity index is 1.82. The third-order valence-electron chi connectivity index (χ3n) is 3.30. The molecule has 4 heteroatoms. The Morgan fingerprint density at radius 3 is 2.87 bits per heavy atom. The summed E-state index contributed by atoms with van der Waals surface area (Å²) in [5.74, 6) is 0. The van der Waals surface area contributed by atoms with E-state index in [4.69, 9.17) is 14.6 Å². The van der Waals surface area contributed by atoms with E-state index in [9.17, 15) is 0 Å². The molecule has 1 N–H and O–H groups in total. The summed E-state index contributed by atoms with van der Waals surface area (Å²) in [4.78, 5) is 2.38. The molecule has 2 aliphatic rings. The molecule has 0 bridgehead atoms. The molecule has 0 aromatic heterocycles. The summed E-state index contributed by atoms with van der Waals surface area (Å²) in [6, 6.07) is 0.442. The summed E-state index contributed by atoms with van der Waals surface area (Å²) in [5, 5.41) is 9.07. The first-order valence-electron chi connectivity index (χ1n) is 5.87. The van der Waals surface area contributed by atoms with Crippen molar-refractivity contribution in [3.8, 4) is 0 Å². The molecule has 0 aliphatic carbocycles. The lowest BCUT2D eigenvalue weighted by molar-refractivity contribution is -0.0878. The van der Waals surface area contributed by atoms with Gasteiger partial charge in [-0.3, -0.25) is 4.90 Å². The molecule has 88 valence electrons. The summed E-state index contributed by atoms with van der Waals surface area (Å²) in [6.07, 6.45) is 2.74. The van der Waals surface area contributed by atoms with E-state index < -0.39 is 0 Å². The van der Waals surface area contributed by atoms with Gasteiger partial charge in [-0.05, 0) is 19.8 Å². The third kappa shape index (κ3) is 2.91. The van der Waals surface area contributed by atoms with Gasteiger partial charge in [0.25, 0.3) is 0 Å². The fraction of sp³-hybridized carbons (Fsp3) is 1.00. The van der Waals surface area contributed by atoms with Gasteiger partial charge in [0.15, 0.2) is 0 Å². The zero-order valence-corrected chi connectivity index (χ0v) is 9.39. The molecule has 0 aromatic carbocycles. The van der Waals surface area contributed by atoms with Gasteiger partial charge in [0.2, 0.25) is 0 Å². The first-order valence-corrected chi connectivity index (χ1v) is 5.87. The Bertz CT molecular complexity index is 194. The largest absolute Gasteiger partial charge is 0.394 e. The molecular formula is C11H21NO3. The summed E-state index contributed by atoms with van der Waals surface area (Å²) in [6.45, 7) is 5.74. The number of hydrogen-bond acceptors (Lipinski definition) is 4. The van der Waals surface area contributed by atoms with Crippen molar-refractivity contribution in [2.75, 3.05) is 32.9 Å². The molecule has 0 radical (unpaired) electrons. The van der Waals surface area contributed by atoms with Crippen LogP contribution in [-0.4, -0.2) is 61.2 Å². The maximum absolute atomic E-state index is 9.07.